The Hall–Kier alpha value is -1.71. The van der Waals surface area contributed by atoms with Crippen LogP contribution in [0.5, 0.6) is 0 Å². The molecule has 0 aliphatic carbocycles. The SMILES string of the molecule is CC(C)C(=O)CCCO[Si](c1ccccc1)(c1ccccc1)C(C)(C)C. The number of benzene rings is 2. The van der Waals surface area contributed by atoms with Crippen molar-refractivity contribution in [2.75, 3.05) is 6.61 Å². The van der Waals surface area contributed by atoms with E-state index in [0.717, 1.165) is 6.42 Å². The van der Waals surface area contributed by atoms with E-state index in [9.17, 15) is 4.79 Å². The van der Waals surface area contributed by atoms with E-state index in [4.69, 9.17) is 4.43 Å². The van der Waals surface area contributed by atoms with Gasteiger partial charge in [0.1, 0.15) is 5.78 Å². The molecule has 0 aromatic heterocycles. The number of rotatable bonds is 8. The highest BCUT2D eigenvalue weighted by Gasteiger charge is 2.49. The van der Waals surface area contributed by atoms with Crippen LogP contribution in [-0.2, 0) is 9.22 Å². The number of carbonyl (C=O) groups is 1. The largest absolute Gasteiger partial charge is 0.407 e. The summed E-state index contributed by atoms with van der Waals surface area (Å²) >= 11 is 0. The molecule has 2 aromatic carbocycles. The maximum atomic E-state index is 12.0. The molecule has 0 amide bonds. The fourth-order valence-electron chi connectivity index (χ4n) is 3.52. The molecule has 0 saturated carbocycles. The lowest BCUT2D eigenvalue weighted by molar-refractivity contribution is -0.122. The molecule has 0 atom stereocenters. The van der Waals surface area contributed by atoms with Crippen LogP contribution >= 0.6 is 0 Å². The van der Waals surface area contributed by atoms with Gasteiger partial charge in [-0.3, -0.25) is 4.79 Å². The normalized spacial score (nSPS) is 12.4. The number of ketones is 1. The van der Waals surface area contributed by atoms with Gasteiger partial charge in [-0.05, 0) is 21.8 Å². The van der Waals surface area contributed by atoms with E-state index in [1.807, 2.05) is 13.8 Å². The third-order valence-corrected chi connectivity index (χ3v) is 9.99. The molecule has 2 aromatic rings. The Morgan fingerprint density at radius 1 is 0.923 bits per heavy atom. The average molecular weight is 369 g/mol. The number of Topliss-reactive ketones (excluding diaryl/α,β-unsaturated/α-hetero) is 1. The zero-order valence-corrected chi connectivity index (χ0v) is 17.8. The second-order valence-electron chi connectivity index (χ2n) is 8.24. The molecular formula is C23H32O2Si. The Bertz CT molecular complexity index is 648. The van der Waals surface area contributed by atoms with Crippen LogP contribution in [0, 0.1) is 5.92 Å². The van der Waals surface area contributed by atoms with Crippen molar-refractivity contribution in [3.63, 3.8) is 0 Å². The zero-order chi connectivity index (χ0) is 19.2. The number of carbonyl (C=O) groups excluding carboxylic acids is 1. The van der Waals surface area contributed by atoms with Crippen molar-refractivity contribution in [3.05, 3.63) is 60.7 Å². The summed E-state index contributed by atoms with van der Waals surface area (Å²) in [5.74, 6) is 0.416. The molecule has 2 nitrogen and oxygen atoms in total. The highest BCUT2D eigenvalue weighted by Crippen LogP contribution is 2.36. The van der Waals surface area contributed by atoms with E-state index in [1.165, 1.54) is 10.4 Å². The first kappa shape index (κ1) is 20.6. The van der Waals surface area contributed by atoms with Crippen LogP contribution in [0.3, 0.4) is 0 Å². The van der Waals surface area contributed by atoms with Crippen molar-refractivity contribution in [3.8, 4) is 0 Å². The molecule has 0 N–H and O–H groups in total. The van der Waals surface area contributed by atoms with Crippen LogP contribution < -0.4 is 10.4 Å². The molecule has 140 valence electrons. The number of hydrogen-bond donors (Lipinski definition) is 0. The molecule has 0 spiro atoms. The second kappa shape index (κ2) is 8.78. The van der Waals surface area contributed by atoms with Gasteiger partial charge in [0.2, 0.25) is 0 Å². The van der Waals surface area contributed by atoms with E-state index in [-0.39, 0.29) is 11.0 Å². The van der Waals surface area contributed by atoms with Crippen LogP contribution in [0.1, 0.15) is 47.5 Å². The Kier molecular flexibility index (Phi) is 6.96. The van der Waals surface area contributed by atoms with Crippen molar-refractivity contribution in [1.82, 2.24) is 0 Å². The molecule has 0 aliphatic heterocycles. The summed E-state index contributed by atoms with van der Waals surface area (Å²) in [6.45, 7) is 11.4. The fourth-order valence-corrected chi connectivity index (χ4v) is 8.13. The monoisotopic (exact) mass is 368 g/mol. The summed E-state index contributed by atoms with van der Waals surface area (Å²) in [7, 11) is -2.46. The van der Waals surface area contributed by atoms with Crippen LogP contribution in [0.25, 0.3) is 0 Å². The Balaban J connectivity index is 2.36. The third-order valence-electron chi connectivity index (χ3n) is 4.95. The van der Waals surface area contributed by atoms with E-state index in [0.29, 0.717) is 18.8 Å². The van der Waals surface area contributed by atoms with Gasteiger partial charge in [0, 0.05) is 18.9 Å². The van der Waals surface area contributed by atoms with Crippen molar-refractivity contribution >= 4 is 24.5 Å². The predicted molar refractivity (Wildman–Crippen MR) is 113 cm³/mol. The lowest BCUT2D eigenvalue weighted by atomic mass is 10.1. The quantitative estimate of drug-likeness (QED) is 0.504. The summed E-state index contributed by atoms with van der Waals surface area (Å²) in [5.41, 5.74) is 0. The molecule has 0 heterocycles. The molecular weight excluding hydrogens is 336 g/mol. The van der Waals surface area contributed by atoms with Gasteiger partial charge in [-0.1, -0.05) is 95.3 Å². The molecule has 0 radical (unpaired) electrons. The average Bonchev–Trinajstić information content (AvgIpc) is 2.62. The van der Waals surface area contributed by atoms with Gasteiger partial charge < -0.3 is 4.43 Å². The Morgan fingerprint density at radius 3 is 1.77 bits per heavy atom. The van der Waals surface area contributed by atoms with E-state index in [1.54, 1.807) is 0 Å². The van der Waals surface area contributed by atoms with E-state index < -0.39 is 8.32 Å². The van der Waals surface area contributed by atoms with Gasteiger partial charge in [0.25, 0.3) is 8.32 Å². The standard InChI is InChI=1S/C23H32O2Si/c1-19(2)22(24)17-12-18-25-26(23(3,4)5,20-13-8-6-9-14-20)21-15-10-7-11-16-21/h6-11,13-16,19H,12,17-18H2,1-5H3. The van der Waals surface area contributed by atoms with Gasteiger partial charge in [-0.2, -0.15) is 0 Å². The first-order chi connectivity index (χ1) is 12.3. The van der Waals surface area contributed by atoms with Gasteiger partial charge in [-0.15, -0.1) is 0 Å². The third kappa shape index (κ3) is 4.52. The molecule has 0 fully saturated rings. The summed E-state index contributed by atoms with van der Waals surface area (Å²) in [5, 5.41) is 2.56. The molecule has 0 bridgehead atoms. The predicted octanol–water partition coefficient (Wildman–Crippen LogP) is 4.57. The topological polar surface area (TPSA) is 26.3 Å². The minimum Gasteiger partial charge on any atom is -0.407 e. The fraction of sp³-hybridized carbons (Fsp3) is 0.435. The van der Waals surface area contributed by atoms with Gasteiger partial charge in [-0.25, -0.2) is 0 Å². The van der Waals surface area contributed by atoms with Crippen molar-refractivity contribution in [2.24, 2.45) is 5.92 Å². The first-order valence-electron chi connectivity index (χ1n) is 9.57. The first-order valence-corrected chi connectivity index (χ1v) is 11.5. The summed E-state index contributed by atoms with van der Waals surface area (Å²) in [6.07, 6.45) is 1.37. The van der Waals surface area contributed by atoms with E-state index >= 15 is 0 Å². The van der Waals surface area contributed by atoms with E-state index in [2.05, 4.69) is 81.4 Å². The van der Waals surface area contributed by atoms with Crippen LogP contribution in [0.2, 0.25) is 5.04 Å². The molecule has 0 saturated heterocycles. The molecule has 0 aliphatic rings. The molecule has 26 heavy (non-hydrogen) atoms. The lowest BCUT2D eigenvalue weighted by Crippen LogP contribution is -2.66. The van der Waals surface area contributed by atoms with Crippen molar-refractivity contribution in [1.29, 1.82) is 0 Å². The molecule has 3 heteroatoms. The van der Waals surface area contributed by atoms with Gasteiger partial charge >= 0.3 is 0 Å². The van der Waals surface area contributed by atoms with Crippen LogP contribution in [-0.4, -0.2) is 20.7 Å². The highest BCUT2D eigenvalue weighted by atomic mass is 28.4. The Labute approximate surface area is 159 Å². The minimum atomic E-state index is -2.46. The van der Waals surface area contributed by atoms with Crippen LogP contribution in [0.15, 0.2) is 60.7 Å². The highest BCUT2D eigenvalue weighted by molar-refractivity contribution is 6.99. The maximum Gasteiger partial charge on any atom is 0.261 e. The minimum absolute atomic E-state index is 0.0161. The van der Waals surface area contributed by atoms with Crippen molar-refractivity contribution in [2.45, 2.75) is 52.5 Å². The molecule has 0 unspecified atom stereocenters. The summed E-state index contributed by atoms with van der Waals surface area (Å²) < 4.78 is 6.78. The number of hydrogen-bond acceptors (Lipinski definition) is 2. The summed E-state index contributed by atoms with van der Waals surface area (Å²) in [4.78, 5) is 12.0. The summed E-state index contributed by atoms with van der Waals surface area (Å²) in [6, 6.07) is 21.3. The zero-order valence-electron chi connectivity index (χ0n) is 16.8. The second-order valence-corrected chi connectivity index (χ2v) is 12.5. The van der Waals surface area contributed by atoms with Gasteiger partial charge in [0.05, 0.1) is 0 Å². The molecule has 2 rings (SSSR count). The van der Waals surface area contributed by atoms with Gasteiger partial charge in [0.15, 0.2) is 0 Å². The Morgan fingerprint density at radius 2 is 1.38 bits per heavy atom. The maximum absolute atomic E-state index is 12.0. The lowest BCUT2D eigenvalue weighted by Gasteiger charge is -2.43. The van der Waals surface area contributed by atoms with Crippen molar-refractivity contribution < 1.29 is 9.22 Å². The van der Waals surface area contributed by atoms with Crippen LogP contribution in [0.4, 0.5) is 0 Å². The smallest absolute Gasteiger partial charge is 0.261 e.